The number of para-hydroxylation sites is 1. The van der Waals surface area contributed by atoms with Crippen LogP contribution in [-0.2, 0) is 6.42 Å². The summed E-state index contributed by atoms with van der Waals surface area (Å²) < 4.78 is 6.43. The summed E-state index contributed by atoms with van der Waals surface area (Å²) in [6.07, 6.45) is 1.72. The summed E-state index contributed by atoms with van der Waals surface area (Å²) in [5.74, 6) is 2.51. The van der Waals surface area contributed by atoms with Crippen molar-refractivity contribution in [2.45, 2.75) is 45.6 Å². The third-order valence-corrected chi connectivity index (χ3v) is 5.33. The third-order valence-electron chi connectivity index (χ3n) is 4.66. The second-order valence-corrected chi connectivity index (χ2v) is 8.09. The number of hydrogen-bond acceptors (Lipinski definition) is 5. The van der Waals surface area contributed by atoms with Gasteiger partial charge in [-0.3, -0.25) is 4.99 Å². The van der Waals surface area contributed by atoms with E-state index in [1.165, 1.54) is 5.69 Å². The number of hydrogen-bond donors (Lipinski definition) is 2. The van der Waals surface area contributed by atoms with Gasteiger partial charge in [-0.25, -0.2) is 0 Å². The Balaban J connectivity index is 0.00000300. The standard InChI is InChI=1S/C20H29BrN6O.HI/c1-4-22-20(23-11-9-18-25-19(14(2)3)26-28-18)24-15-10-12-27(13-15)17-8-6-5-7-16(17)21;/h5-8,14-15H,4,9-13H2,1-3H3,(H2,22,23,24);1H. The summed E-state index contributed by atoms with van der Waals surface area (Å²) in [6.45, 7) is 9.60. The Bertz CT molecular complexity index is 797. The molecule has 1 aromatic carbocycles. The maximum absolute atomic E-state index is 5.29. The normalized spacial score (nSPS) is 16.8. The van der Waals surface area contributed by atoms with E-state index in [1.54, 1.807) is 0 Å². The number of nitrogens with zero attached hydrogens (tertiary/aromatic N) is 4. The molecule has 1 aromatic heterocycles. The fourth-order valence-corrected chi connectivity index (χ4v) is 3.72. The minimum atomic E-state index is 0. The number of rotatable bonds is 7. The monoisotopic (exact) mass is 576 g/mol. The molecule has 2 aromatic rings. The van der Waals surface area contributed by atoms with Crippen LogP contribution in [-0.4, -0.2) is 48.3 Å². The Morgan fingerprint density at radius 1 is 1.38 bits per heavy atom. The van der Waals surface area contributed by atoms with Crippen LogP contribution in [0.3, 0.4) is 0 Å². The molecule has 2 heterocycles. The summed E-state index contributed by atoms with van der Waals surface area (Å²) in [5.41, 5.74) is 1.24. The van der Waals surface area contributed by atoms with Crippen LogP contribution in [0.25, 0.3) is 0 Å². The average molecular weight is 577 g/mol. The highest BCUT2D eigenvalue weighted by Gasteiger charge is 2.24. The van der Waals surface area contributed by atoms with Gasteiger partial charge in [0.15, 0.2) is 11.8 Å². The van der Waals surface area contributed by atoms with E-state index in [2.05, 4.69) is 85.6 Å². The van der Waals surface area contributed by atoms with Crippen LogP contribution >= 0.6 is 39.9 Å². The molecule has 3 rings (SSSR count). The Labute approximate surface area is 198 Å². The molecule has 1 saturated heterocycles. The molecule has 1 aliphatic rings. The van der Waals surface area contributed by atoms with Gasteiger partial charge in [-0.15, -0.1) is 24.0 Å². The molecule has 1 unspecified atom stereocenters. The van der Waals surface area contributed by atoms with E-state index in [-0.39, 0.29) is 29.9 Å². The second-order valence-electron chi connectivity index (χ2n) is 7.24. The molecule has 1 aliphatic heterocycles. The Morgan fingerprint density at radius 3 is 2.86 bits per heavy atom. The third kappa shape index (κ3) is 6.84. The second kappa shape index (κ2) is 11.7. The highest BCUT2D eigenvalue weighted by Crippen LogP contribution is 2.28. The number of anilines is 1. The number of nitrogens with one attached hydrogen (secondary N) is 2. The topological polar surface area (TPSA) is 78.6 Å². The van der Waals surface area contributed by atoms with Gasteiger partial charge < -0.3 is 20.1 Å². The summed E-state index contributed by atoms with van der Waals surface area (Å²) in [4.78, 5) is 11.5. The fraction of sp³-hybridized carbons (Fsp3) is 0.550. The zero-order valence-electron chi connectivity index (χ0n) is 17.2. The first kappa shape index (κ1) is 23.9. The molecule has 9 heteroatoms. The molecular weight excluding hydrogens is 547 g/mol. The molecule has 2 N–H and O–H groups in total. The minimum absolute atomic E-state index is 0. The number of halogens is 2. The van der Waals surface area contributed by atoms with Crippen LogP contribution < -0.4 is 15.5 Å². The molecule has 29 heavy (non-hydrogen) atoms. The molecule has 0 saturated carbocycles. The maximum atomic E-state index is 5.29. The summed E-state index contributed by atoms with van der Waals surface area (Å²) in [5, 5.41) is 10.9. The summed E-state index contributed by atoms with van der Waals surface area (Å²) in [7, 11) is 0. The molecule has 160 valence electrons. The van der Waals surface area contributed by atoms with Gasteiger partial charge in [0, 0.05) is 42.5 Å². The number of benzene rings is 1. The Hall–Kier alpha value is -1.36. The first-order valence-corrected chi connectivity index (χ1v) is 10.7. The van der Waals surface area contributed by atoms with Crippen LogP contribution in [0.15, 0.2) is 38.3 Å². The van der Waals surface area contributed by atoms with Crippen LogP contribution in [0.4, 0.5) is 5.69 Å². The predicted octanol–water partition coefficient (Wildman–Crippen LogP) is 3.95. The number of aliphatic imine (C=N–C) groups is 1. The zero-order valence-corrected chi connectivity index (χ0v) is 21.1. The van der Waals surface area contributed by atoms with Gasteiger partial charge in [-0.1, -0.05) is 31.1 Å². The van der Waals surface area contributed by atoms with E-state index in [0.717, 1.165) is 42.3 Å². The molecule has 0 aliphatic carbocycles. The molecule has 1 fully saturated rings. The lowest BCUT2D eigenvalue weighted by atomic mass is 10.2. The first-order valence-electron chi connectivity index (χ1n) is 9.93. The zero-order chi connectivity index (χ0) is 19.9. The van der Waals surface area contributed by atoms with Gasteiger partial charge in [0.05, 0.1) is 12.2 Å². The fourth-order valence-electron chi connectivity index (χ4n) is 3.19. The van der Waals surface area contributed by atoms with Crippen molar-refractivity contribution >= 4 is 51.6 Å². The Kier molecular flexibility index (Phi) is 9.67. The average Bonchev–Trinajstić information content (AvgIpc) is 3.32. The maximum Gasteiger partial charge on any atom is 0.228 e. The van der Waals surface area contributed by atoms with Crippen molar-refractivity contribution in [2.24, 2.45) is 4.99 Å². The van der Waals surface area contributed by atoms with Crippen molar-refractivity contribution in [2.75, 3.05) is 31.1 Å². The van der Waals surface area contributed by atoms with Crippen molar-refractivity contribution < 1.29 is 4.52 Å². The summed E-state index contributed by atoms with van der Waals surface area (Å²) in [6, 6.07) is 8.73. The quantitative estimate of drug-likeness (QED) is 0.295. The Morgan fingerprint density at radius 2 is 2.17 bits per heavy atom. The molecule has 7 nitrogen and oxygen atoms in total. The molecule has 0 radical (unpaired) electrons. The lowest BCUT2D eigenvalue weighted by molar-refractivity contribution is 0.372. The van der Waals surface area contributed by atoms with Crippen molar-refractivity contribution in [3.05, 3.63) is 40.5 Å². The van der Waals surface area contributed by atoms with Gasteiger partial charge in [0.2, 0.25) is 5.89 Å². The van der Waals surface area contributed by atoms with Crippen LogP contribution in [0.2, 0.25) is 0 Å². The molecule has 0 amide bonds. The van der Waals surface area contributed by atoms with Crippen LogP contribution in [0, 0.1) is 0 Å². The first-order chi connectivity index (χ1) is 13.6. The molecule has 0 spiro atoms. The van der Waals surface area contributed by atoms with E-state index >= 15 is 0 Å². The van der Waals surface area contributed by atoms with E-state index < -0.39 is 0 Å². The van der Waals surface area contributed by atoms with E-state index in [4.69, 9.17) is 4.52 Å². The minimum Gasteiger partial charge on any atom is -0.368 e. The van der Waals surface area contributed by atoms with Gasteiger partial charge in [-0.05, 0) is 41.4 Å². The van der Waals surface area contributed by atoms with Crippen molar-refractivity contribution in [3.63, 3.8) is 0 Å². The largest absolute Gasteiger partial charge is 0.368 e. The predicted molar refractivity (Wildman–Crippen MR) is 131 cm³/mol. The van der Waals surface area contributed by atoms with Gasteiger partial charge in [0.1, 0.15) is 0 Å². The van der Waals surface area contributed by atoms with Gasteiger partial charge in [-0.2, -0.15) is 4.98 Å². The van der Waals surface area contributed by atoms with Crippen molar-refractivity contribution in [1.82, 2.24) is 20.8 Å². The highest BCUT2D eigenvalue weighted by molar-refractivity contribution is 14.0. The smallest absolute Gasteiger partial charge is 0.228 e. The molecule has 0 bridgehead atoms. The van der Waals surface area contributed by atoms with Gasteiger partial charge >= 0.3 is 0 Å². The number of aromatic nitrogens is 2. The van der Waals surface area contributed by atoms with Crippen molar-refractivity contribution in [3.8, 4) is 0 Å². The highest BCUT2D eigenvalue weighted by atomic mass is 127. The molecular formula is C20H30BrIN6O. The van der Waals surface area contributed by atoms with Gasteiger partial charge in [0.25, 0.3) is 0 Å². The lowest BCUT2D eigenvalue weighted by Crippen LogP contribution is -2.44. The molecule has 1 atom stereocenters. The van der Waals surface area contributed by atoms with Crippen LogP contribution in [0.5, 0.6) is 0 Å². The van der Waals surface area contributed by atoms with E-state index in [0.29, 0.717) is 24.9 Å². The van der Waals surface area contributed by atoms with E-state index in [1.807, 2.05) is 6.07 Å². The summed E-state index contributed by atoms with van der Waals surface area (Å²) >= 11 is 3.65. The van der Waals surface area contributed by atoms with Crippen LogP contribution in [0.1, 0.15) is 44.8 Å². The van der Waals surface area contributed by atoms with Crippen molar-refractivity contribution in [1.29, 1.82) is 0 Å². The number of guanidine groups is 1. The van der Waals surface area contributed by atoms with E-state index in [9.17, 15) is 0 Å². The lowest BCUT2D eigenvalue weighted by Gasteiger charge is -2.21. The SMILES string of the molecule is CCNC(=NCCc1nc(C(C)C)no1)NC1CCN(c2ccccc2Br)C1.I.